The van der Waals surface area contributed by atoms with E-state index in [9.17, 15) is 4.39 Å². The van der Waals surface area contributed by atoms with Crippen LogP contribution in [0.3, 0.4) is 0 Å². The molecule has 0 amide bonds. The minimum atomic E-state index is -0.0990. The van der Waals surface area contributed by atoms with Gasteiger partial charge in [0.2, 0.25) is 0 Å². The van der Waals surface area contributed by atoms with E-state index in [1.807, 2.05) is 6.07 Å². The normalized spacial score (nSPS) is 29.2. The maximum atomic E-state index is 14.0. The molecule has 104 valence electrons. The van der Waals surface area contributed by atoms with Crippen molar-refractivity contribution in [1.29, 1.82) is 0 Å². The van der Waals surface area contributed by atoms with Crippen LogP contribution in [0.4, 0.5) is 4.39 Å². The molecule has 0 saturated carbocycles. The minimum Gasteiger partial charge on any atom is -0.310 e. The molecule has 3 rings (SSSR count). The quantitative estimate of drug-likeness (QED) is 0.895. The Kier molecular flexibility index (Phi) is 3.92. The second-order valence-electron chi connectivity index (χ2n) is 5.76. The van der Waals surface area contributed by atoms with Crippen LogP contribution in [-0.2, 0) is 0 Å². The third-order valence-corrected chi connectivity index (χ3v) is 5.00. The Morgan fingerprint density at radius 1 is 1.32 bits per heavy atom. The predicted octanol–water partition coefficient (Wildman–Crippen LogP) is 3.48. The van der Waals surface area contributed by atoms with E-state index in [2.05, 4.69) is 33.1 Å². The molecule has 0 aromatic heterocycles. The van der Waals surface area contributed by atoms with Gasteiger partial charge in [-0.2, -0.15) is 0 Å². The molecule has 2 saturated heterocycles. The average Bonchev–Trinajstić information content (AvgIpc) is 2.71. The lowest BCUT2D eigenvalue weighted by Gasteiger charge is -2.31. The van der Waals surface area contributed by atoms with Crippen LogP contribution in [0, 0.1) is 5.82 Å². The van der Waals surface area contributed by atoms with Crippen LogP contribution in [0.2, 0.25) is 0 Å². The first-order valence-electron chi connectivity index (χ1n) is 7.08. The van der Waals surface area contributed by atoms with Gasteiger partial charge in [-0.05, 0) is 44.4 Å². The van der Waals surface area contributed by atoms with E-state index in [1.54, 1.807) is 12.1 Å². The van der Waals surface area contributed by atoms with Crippen LogP contribution in [0.1, 0.15) is 37.8 Å². The van der Waals surface area contributed by atoms with Crippen LogP contribution in [0.5, 0.6) is 0 Å². The summed E-state index contributed by atoms with van der Waals surface area (Å²) in [5.74, 6) is -0.0990. The Hall–Kier alpha value is -0.450. The van der Waals surface area contributed by atoms with E-state index in [-0.39, 0.29) is 11.9 Å². The zero-order chi connectivity index (χ0) is 13.4. The summed E-state index contributed by atoms with van der Waals surface area (Å²) < 4.78 is 15.0. The van der Waals surface area contributed by atoms with E-state index in [4.69, 9.17) is 0 Å². The second-order valence-corrected chi connectivity index (χ2v) is 6.68. The van der Waals surface area contributed by atoms with Gasteiger partial charge in [-0.25, -0.2) is 4.39 Å². The summed E-state index contributed by atoms with van der Waals surface area (Å²) >= 11 is 3.44. The number of hydrogen-bond acceptors (Lipinski definition) is 2. The van der Waals surface area contributed by atoms with Crippen molar-refractivity contribution in [1.82, 2.24) is 10.2 Å². The Labute approximate surface area is 122 Å². The number of halogens is 2. The van der Waals surface area contributed by atoms with Crippen molar-refractivity contribution in [3.05, 3.63) is 34.1 Å². The maximum Gasteiger partial charge on any atom is 0.128 e. The highest BCUT2D eigenvalue weighted by Crippen LogP contribution is 2.30. The second kappa shape index (κ2) is 5.51. The van der Waals surface area contributed by atoms with Crippen LogP contribution < -0.4 is 5.32 Å². The van der Waals surface area contributed by atoms with Crippen LogP contribution >= 0.6 is 15.9 Å². The first-order chi connectivity index (χ1) is 9.13. The summed E-state index contributed by atoms with van der Waals surface area (Å²) in [6.07, 6.45) is 3.74. The number of benzene rings is 1. The molecule has 2 fully saturated rings. The Morgan fingerprint density at radius 3 is 2.95 bits per heavy atom. The van der Waals surface area contributed by atoms with Crippen molar-refractivity contribution < 1.29 is 4.39 Å². The third kappa shape index (κ3) is 2.86. The van der Waals surface area contributed by atoms with Gasteiger partial charge in [0.25, 0.3) is 0 Å². The van der Waals surface area contributed by atoms with Crippen molar-refractivity contribution in [2.75, 3.05) is 13.1 Å². The number of fused-ring (bicyclic) bond motifs is 2. The highest BCUT2D eigenvalue weighted by Gasteiger charge is 2.31. The molecule has 4 heteroatoms. The SMILES string of the molecule is CC(c1cc(Br)ccc1F)N1CCC2CCC(C1)N2. The number of nitrogens with one attached hydrogen (secondary N) is 1. The molecule has 1 aromatic rings. The molecule has 1 N–H and O–H groups in total. The highest BCUT2D eigenvalue weighted by atomic mass is 79.9. The fourth-order valence-electron chi connectivity index (χ4n) is 3.35. The molecule has 2 nitrogen and oxygen atoms in total. The molecular weight excluding hydrogens is 307 g/mol. The highest BCUT2D eigenvalue weighted by molar-refractivity contribution is 9.10. The van der Waals surface area contributed by atoms with Crippen LogP contribution in [0.15, 0.2) is 22.7 Å². The first kappa shape index (κ1) is 13.5. The smallest absolute Gasteiger partial charge is 0.128 e. The topological polar surface area (TPSA) is 15.3 Å². The molecule has 2 aliphatic rings. The number of likely N-dealkylation sites (tertiary alicyclic amines) is 1. The minimum absolute atomic E-state index is 0.0990. The molecule has 3 unspecified atom stereocenters. The van der Waals surface area contributed by atoms with Crippen molar-refractivity contribution in [3.63, 3.8) is 0 Å². The van der Waals surface area contributed by atoms with Gasteiger partial charge in [0.05, 0.1) is 0 Å². The van der Waals surface area contributed by atoms with Crippen molar-refractivity contribution >= 4 is 15.9 Å². The molecule has 1 aromatic carbocycles. The van der Waals surface area contributed by atoms with Gasteiger partial charge in [0.15, 0.2) is 0 Å². The van der Waals surface area contributed by atoms with Gasteiger partial charge in [-0.3, -0.25) is 4.90 Å². The molecule has 2 heterocycles. The molecule has 2 bridgehead atoms. The molecule has 2 aliphatic heterocycles. The van der Waals surface area contributed by atoms with Gasteiger partial charge >= 0.3 is 0 Å². The lowest BCUT2D eigenvalue weighted by Crippen LogP contribution is -2.37. The van der Waals surface area contributed by atoms with E-state index >= 15 is 0 Å². The summed E-state index contributed by atoms with van der Waals surface area (Å²) in [5, 5.41) is 3.67. The van der Waals surface area contributed by atoms with Gasteiger partial charge in [-0.1, -0.05) is 15.9 Å². The summed E-state index contributed by atoms with van der Waals surface area (Å²) in [5.41, 5.74) is 0.798. The van der Waals surface area contributed by atoms with Crippen LogP contribution in [0.25, 0.3) is 0 Å². The summed E-state index contributed by atoms with van der Waals surface area (Å²) in [6, 6.07) is 6.63. The van der Waals surface area contributed by atoms with Gasteiger partial charge in [0.1, 0.15) is 5.82 Å². The van der Waals surface area contributed by atoms with Crippen molar-refractivity contribution in [2.45, 2.75) is 44.3 Å². The van der Waals surface area contributed by atoms with E-state index in [0.29, 0.717) is 12.1 Å². The largest absolute Gasteiger partial charge is 0.310 e. The zero-order valence-electron chi connectivity index (χ0n) is 11.2. The van der Waals surface area contributed by atoms with Gasteiger partial charge in [0, 0.05) is 41.3 Å². The Morgan fingerprint density at radius 2 is 2.11 bits per heavy atom. The van der Waals surface area contributed by atoms with E-state index < -0.39 is 0 Å². The Bertz CT molecular complexity index is 465. The van der Waals surface area contributed by atoms with E-state index in [0.717, 1.165) is 23.1 Å². The summed E-state index contributed by atoms with van der Waals surface area (Å²) in [7, 11) is 0. The lowest BCUT2D eigenvalue weighted by molar-refractivity contribution is 0.196. The molecule has 19 heavy (non-hydrogen) atoms. The third-order valence-electron chi connectivity index (χ3n) is 4.51. The molecular formula is C15H20BrFN2. The molecule has 3 atom stereocenters. The maximum absolute atomic E-state index is 14.0. The molecule has 0 aliphatic carbocycles. The fourth-order valence-corrected chi connectivity index (χ4v) is 3.73. The zero-order valence-corrected chi connectivity index (χ0v) is 12.8. The summed E-state index contributed by atoms with van der Waals surface area (Å²) in [6.45, 7) is 4.20. The van der Waals surface area contributed by atoms with Crippen molar-refractivity contribution in [3.8, 4) is 0 Å². The van der Waals surface area contributed by atoms with Gasteiger partial charge < -0.3 is 5.32 Å². The van der Waals surface area contributed by atoms with Crippen LogP contribution in [-0.4, -0.2) is 30.1 Å². The number of nitrogens with zero attached hydrogens (tertiary/aromatic N) is 1. The molecule has 0 spiro atoms. The molecule has 0 radical (unpaired) electrons. The fraction of sp³-hybridized carbons (Fsp3) is 0.600. The first-order valence-corrected chi connectivity index (χ1v) is 7.88. The standard InChI is InChI=1S/C15H20BrFN2/c1-10(14-8-11(16)2-5-15(14)17)19-7-6-12-3-4-13(9-19)18-12/h2,5,8,10,12-13,18H,3-4,6-7,9H2,1H3. The average molecular weight is 327 g/mol. The summed E-state index contributed by atoms with van der Waals surface area (Å²) in [4.78, 5) is 2.42. The number of rotatable bonds is 2. The lowest BCUT2D eigenvalue weighted by atomic mass is 10.0. The monoisotopic (exact) mass is 326 g/mol. The van der Waals surface area contributed by atoms with Gasteiger partial charge in [-0.15, -0.1) is 0 Å². The predicted molar refractivity (Wildman–Crippen MR) is 78.7 cm³/mol. The van der Waals surface area contributed by atoms with E-state index in [1.165, 1.54) is 19.3 Å². The Balaban J connectivity index is 1.79. The number of hydrogen-bond donors (Lipinski definition) is 1. The van der Waals surface area contributed by atoms with Crippen molar-refractivity contribution in [2.24, 2.45) is 0 Å².